The van der Waals surface area contributed by atoms with Crippen LogP contribution in [0.2, 0.25) is 0 Å². The van der Waals surface area contributed by atoms with Crippen molar-refractivity contribution >= 4 is 13.3 Å². The van der Waals surface area contributed by atoms with Gasteiger partial charge in [0.15, 0.2) is 0 Å². The zero-order chi connectivity index (χ0) is 9.68. The summed E-state index contributed by atoms with van der Waals surface area (Å²) in [5, 5.41) is 0. The molecule has 0 aromatic carbocycles. The van der Waals surface area contributed by atoms with E-state index in [2.05, 4.69) is 4.98 Å². The van der Waals surface area contributed by atoms with E-state index in [0.29, 0.717) is 24.4 Å². The summed E-state index contributed by atoms with van der Waals surface area (Å²) in [4.78, 5) is 4.11. The summed E-state index contributed by atoms with van der Waals surface area (Å²) in [6, 6.07) is 1.75. The summed E-state index contributed by atoms with van der Waals surface area (Å²) in [6.07, 6.45) is 1.59. The van der Waals surface area contributed by atoms with Gasteiger partial charge < -0.3 is 9.47 Å². The van der Waals surface area contributed by atoms with E-state index >= 15 is 0 Å². The molecule has 0 saturated carbocycles. The van der Waals surface area contributed by atoms with Crippen molar-refractivity contribution in [2.45, 2.75) is 13.5 Å². The topological polar surface area (TPSA) is 31.4 Å². The lowest BCUT2D eigenvalue weighted by Gasteiger charge is -2.09. The molecule has 68 valence electrons. The Balaban J connectivity index is 2.89. The standard InChI is InChI=1S/C9H12BNO2/c1-3-13-9-4-7(10)5-11-8(9)6-12-2/h4-5H,3,6H2,1-2H3. The van der Waals surface area contributed by atoms with Gasteiger partial charge in [-0.3, -0.25) is 4.98 Å². The summed E-state index contributed by atoms with van der Waals surface area (Å²) in [5.41, 5.74) is 1.38. The molecule has 0 spiro atoms. The van der Waals surface area contributed by atoms with Gasteiger partial charge in [-0.15, -0.1) is 0 Å². The first-order valence-electron chi connectivity index (χ1n) is 4.14. The van der Waals surface area contributed by atoms with Crippen LogP contribution < -0.4 is 10.2 Å². The van der Waals surface area contributed by atoms with Gasteiger partial charge in [-0.2, -0.15) is 0 Å². The second kappa shape index (κ2) is 4.87. The first kappa shape index (κ1) is 10.1. The van der Waals surface area contributed by atoms with Gasteiger partial charge in [0.1, 0.15) is 19.3 Å². The van der Waals surface area contributed by atoms with Gasteiger partial charge in [0, 0.05) is 13.3 Å². The van der Waals surface area contributed by atoms with Crippen LogP contribution in [0.1, 0.15) is 12.6 Å². The minimum absolute atomic E-state index is 0.440. The molecule has 0 N–H and O–H groups in total. The van der Waals surface area contributed by atoms with Crippen LogP contribution in [0.4, 0.5) is 0 Å². The minimum Gasteiger partial charge on any atom is -0.492 e. The molecule has 13 heavy (non-hydrogen) atoms. The number of nitrogens with zero attached hydrogens (tertiary/aromatic N) is 1. The molecule has 0 aliphatic heterocycles. The summed E-state index contributed by atoms with van der Waals surface area (Å²) in [7, 11) is 7.19. The van der Waals surface area contributed by atoms with E-state index in [9.17, 15) is 0 Å². The number of rotatable bonds is 4. The molecule has 0 atom stereocenters. The van der Waals surface area contributed by atoms with Crippen LogP contribution >= 0.6 is 0 Å². The van der Waals surface area contributed by atoms with Gasteiger partial charge in [0.25, 0.3) is 0 Å². The second-order valence-corrected chi connectivity index (χ2v) is 2.58. The number of ether oxygens (including phenoxy) is 2. The lowest BCUT2D eigenvalue weighted by Crippen LogP contribution is -2.09. The first-order chi connectivity index (χ1) is 6.27. The van der Waals surface area contributed by atoms with Gasteiger partial charge >= 0.3 is 0 Å². The maximum atomic E-state index is 5.57. The average Bonchev–Trinajstić information content (AvgIpc) is 2.10. The molecule has 1 aromatic rings. The summed E-state index contributed by atoms with van der Waals surface area (Å²) >= 11 is 0. The highest BCUT2D eigenvalue weighted by atomic mass is 16.5. The summed E-state index contributed by atoms with van der Waals surface area (Å²) in [5.74, 6) is 0.698. The maximum Gasteiger partial charge on any atom is 0.142 e. The molecule has 0 aliphatic rings. The first-order valence-corrected chi connectivity index (χ1v) is 4.14. The quantitative estimate of drug-likeness (QED) is 0.624. The molecule has 1 heterocycles. The van der Waals surface area contributed by atoms with E-state index in [4.69, 9.17) is 17.3 Å². The zero-order valence-corrected chi connectivity index (χ0v) is 7.91. The lowest BCUT2D eigenvalue weighted by atomic mass is 9.98. The van der Waals surface area contributed by atoms with Crippen molar-refractivity contribution in [2.75, 3.05) is 13.7 Å². The number of methoxy groups -OCH3 is 1. The Morgan fingerprint density at radius 2 is 2.31 bits per heavy atom. The predicted molar refractivity (Wildman–Crippen MR) is 51.5 cm³/mol. The van der Waals surface area contributed by atoms with Crippen molar-refractivity contribution < 1.29 is 9.47 Å². The highest BCUT2D eigenvalue weighted by Gasteiger charge is 2.03. The number of pyridine rings is 1. The molecule has 0 fully saturated rings. The van der Waals surface area contributed by atoms with Crippen molar-refractivity contribution in [3.8, 4) is 5.75 Å². The Labute approximate surface area is 79.5 Å². The fourth-order valence-corrected chi connectivity index (χ4v) is 1.01. The van der Waals surface area contributed by atoms with Gasteiger partial charge in [-0.05, 0) is 13.0 Å². The Hall–Kier alpha value is -1.03. The smallest absolute Gasteiger partial charge is 0.142 e. The van der Waals surface area contributed by atoms with Crippen LogP contribution in [0.5, 0.6) is 5.75 Å². The zero-order valence-electron chi connectivity index (χ0n) is 7.91. The SMILES string of the molecule is [B]c1cnc(COC)c(OCC)c1. The van der Waals surface area contributed by atoms with Crippen LogP contribution in [-0.4, -0.2) is 26.5 Å². The predicted octanol–water partition coefficient (Wildman–Crippen LogP) is 0.420. The van der Waals surface area contributed by atoms with Crippen molar-refractivity contribution in [3.63, 3.8) is 0 Å². The molecule has 0 unspecified atom stereocenters. The molecule has 1 aromatic heterocycles. The molecule has 0 aliphatic carbocycles. The largest absolute Gasteiger partial charge is 0.492 e. The summed E-state index contributed by atoms with van der Waals surface area (Å²) < 4.78 is 10.3. The van der Waals surface area contributed by atoms with E-state index in [-0.39, 0.29) is 0 Å². The van der Waals surface area contributed by atoms with Crippen LogP contribution in [0.25, 0.3) is 0 Å². The van der Waals surface area contributed by atoms with E-state index < -0.39 is 0 Å². The third-order valence-electron chi connectivity index (χ3n) is 1.53. The molecule has 2 radical (unpaired) electrons. The third kappa shape index (κ3) is 2.74. The van der Waals surface area contributed by atoms with Crippen LogP contribution in [0, 0.1) is 0 Å². The monoisotopic (exact) mass is 177 g/mol. The lowest BCUT2D eigenvalue weighted by molar-refractivity contribution is 0.176. The highest BCUT2D eigenvalue weighted by Crippen LogP contribution is 2.14. The van der Waals surface area contributed by atoms with E-state index in [1.807, 2.05) is 6.92 Å². The number of hydrogen-bond acceptors (Lipinski definition) is 3. The molecule has 4 heteroatoms. The maximum absolute atomic E-state index is 5.57. The van der Waals surface area contributed by atoms with Crippen molar-refractivity contribution in [2.24, 2.45) is 0 Å². The van der Waals surface area contributed by atoms with Crippen LogP contribution in [0.3, 0.4) is 0 Å². The Bertz CT molecular complexity index is 278. The van der Waals surface area contributed by atoms with Gasteiger partial charge in [-0.25, -0.2) is 0 Å². The molecule has 0 bridgehead atoms. The highest BCUT2D eigenvalue weighted by molar-refractivity contribution is 6.32. The second-order valence-electron chi connectivity index (χ2n) is 2.58. The average molecular weight is 177 g/mol. The van der Waals surface area contributed by atoms with E-state index in [1.54, 1.807) is 19.4 Å². The normalized spacial score (nSPS) is 10.0. The summed E-state index contributed by atoms with van der Waals surface area (Å²) in [6.45, 7) is 2.96. The molecular formula is C9H12BNO2. The van der Waals surface area contributed by atoms with Crippen molar-refractivity contribution in [3.05, 3.63) is 18.0 Å². The molecule has 3 nitrogen and oxygen atoms in total. The van der Waals surface area contributed by atoms with E-state index in [1.165, 1.54) is 0 Å². The van der Waals surface area contributed by atoms with Crippen molar-refractivity contribution in [1.29, 1.82) is 0 Å². The third-order valence-corrected chi connectivity index (χ3v) is 1.53. The molecule has 1 rings (SSSR count). The van der Waals surface area contributed by atoms with Gasteiger partial charge in [-0.1, -0.05) is 5.46 Å². The van der Waals surface area contributed by atoms with Gasteiger partial charge in [0.05, 0.1) is 13.2 Å². The van der Waals surface area contributed by atoms with Gasteiger partial charge in [0.2, 0.25) is 0 Å². The molecule has 0 amide bonds. The van der Waals surface area contributed by atoms with Crippen LogP contribution in [0.15, 0.2) is 12.3 Å². The number of aromatic nitrogens is 1. The van der Waals surface area contributed by atoms with E-state index in [0.717, 1.165) is 5.69 Å². The molecular weight excluding hydrogens is 165 g/mol. The van der Waals surface area contributed by atoms with Crippen molar-refractivity contribution in [1.82, 2.24) is 4.98 Å². The fourth-order valence-electron chi connectivity index (χ4n) is 1.01. The molecule has 0 saturated heterocycles. The Kier molecular flexibility index (Phi) is 3.77. The van der Waals surface area contributed by atoms with Crippen LogP contribution in [-0.2, 0) is 11.3 Å². The fraction of sp³-hybridized carbons (Fsp3) is 0.444. The Morgan fingerprint density at radius 3 is 2.92 bits per heavy atom. The minimum atomic E-state index is 0.440. The number of hydrogen-bond donors (Lipinski definition) is 0. The Morgan fingerprint density at radius 1 is 1.54 bits per heavy atom.